The molecule has 0 spiro atoms. The smallest absolute Gasteiger partial charge is 0.276 e. The summed E-state index contributed by atoms with van der Waals surface area (Å²) in [5.74, 6) is -0.1000. The number of hydrogen-bond donors (Lipinski definition) is 1. The molecular weight excluding hydrogens is 196 g/mol. The highest BCUT2D eigenvalue weighted by molar-refractivity contribution is 5.92. The van der Waals surface area contributed by atoms with Gasteiger partial charge in [0, 0.05) is 6.54 Å². The number of nitrogens with one attached hydrogen (secondary N) is 1. The summed E-state index contributed by atoms with van der Waals surface area (Å²) < 4.78 is 5.34. The highest BCUT2D eigenvalue weighted by atomic mass is 16.5. The van der Waals surface area contributed by atoms with E-state index in [1.807, 2.05) is 13.8 Å². The molecule has 6 heteroatoms. The summed E-state index contributed by atoms with van der Waals surface area (Å²) >= 11 is 0. The number of carbonyl (C=O) groups excluding carboxylic acids is 1. The largest absolute Gasteiger partial charge is 0.377 e. The molecule has 1 aliphatic heterocycles. The summed E-state index contributed by atoms with van der Waals surface area (Å²) in [6, 6.07) is 0. The Morgan fingerprint density at radius 2 is 2.47 bits per heavy atom. The number of rotatable bonds is 1. The highest BCUT2D eigenvalue weighted by Crippen LogP contribution is 2.20. The fourth-order valence-electron chi connectivity index (χ4n) is 1.68. The number of hydrogen-bond acceptors (Lipinski definition) is 4. The van der Waals surface area contributed by atoms with Crippen LogP contribution in [-0.4, -0.2) is 51.5 Å². The Bertz CT molecular complexity index is 347. The molecule has 82 valence electrons. The molecule has 1 fully saturated rings. The fraction of sp³-hybridized carbons (Fsp3) is 0.667. The van der Waals surface area contributed by atoms with Crippen LogP contribution in [0.4, 0.5) is 0 Å². The van der Waals surface area contributed by atoms with Gasteiger partial charge in [0.1, 0.15) is 0 Å². The number of aromatic nitrogens is 3. The quantitative estimate of drug-likeness (QED) is 0.711. The van der Waals surface area contributed by atoms with Gasteiger partial charge in [0.2, 0.25) is 0 Å². The second-order valence-electron chi connectivity index (χ2n) is 4.18. The molecule has 15 heavy (non-hydrogen) atoms. The van der Waals surface area contributed by atoms with Crippen LogP contribution in [0, 0.1) is 0 Å². The van der Waals surface area contributed by atoms with E-state index in [4.69, 9.17) is 4.74 Å². The predicted octanol–water partition coefficient (Wildman–Crippen LogP) is 0.0557. The minimum absolute atomic E-state index is 0.1000. The average Bonchev–Trinajstić information content (AvgIpc) is 2.69. The van der Waals surface area contributed by atoms with E-state index in [0.717, 1.165) is 0 Å². The minimum Gasteiger partial charge on any atom is -0.377 e. The lowest BCUT2D eigenvalue weighted by molar-refractivity contribution is -0.0373. The molecule has 0 atom stereocenters. The van der Waals surface area contributed by atoms with Crippen molar-refractivity contribution in [1.29, 1.82) is 0 Å². The van der Waals surface area contributed by atoms with Crippen LogP contribution in [0.15, 0.2) is 6.20 Å². The molecule has 0 bridgehead atoms. The minimum atomic E-state index is -0.283. The third-order valence-electron chi connectivity index (χ3n) is 2.52. The van der Waals surface area contributed by atoms with Crippen molar-refractivity contribution in [2.24, 2.45) is 0 Å². The van der Waals surface area contributed by atoms with Gasteiger partial charge in [-0.2, -0.15) is 15.4 Å². The third kappa shape index (κ3) is 1.85. The topological polar surface area (TPSA) is 71.1 Å². The number of nitrogens with zero attached hydrogens (tertiary/aromatic N) is 3. The van der Waals surface area contributed by atoms with Gasteiger partial charge in [0.05, 0.1) is 24.9 Å². The number of ether oxygens (including phenoxy) is 1. The van der Waals surface area contributed by atoms with E-state index in [1.54, 1.807) is 4.90 Å². The average molecular weight is 210 g/mol. The molecule has 0 aliphatic carbocycles. The normalized spacial score (nSPS) is 20.3. The Labute approximate surface area is 87.6 Å². The standard InChI is InChI=1S/C9H14N4O2/c1-9(2)6-15-4-3-13(9)8(14)7-5-10-12-11-7/h5H,3-4,6H2,1-2H3,(H,10,11,12). The van der Waals surface area contributed by atoms with Gasteiger partial charge in [-0.05, 0) is 13.8 Å². The van der Waals surface area contributed by atoms with Gasteiger partial charge in [-0.25, -0.2) is 0 Å². The number of amides is 1. The van der Waals surface area contributed by atoms with Crippen LogP contribution in [0.2, 0.25) is 0 Å². The van der Waals surface area contributed by atoms with E-state index in [0.29, 0.717) is 25.5 Å². The molecule has 6 nitrogen and oxygen atoms in total. The number of carbonyl (C=O) groups is 1. The van der Waals surface area contributed by atoms with Crippen LogP contribution in [-0.2, 0) is 4.74 Å². The molecule has 0 saturated carbocycles. The molecular formula is C9H14N4O2. The number of morpholine rings is 1. The molecule has 1 saturated heterocycles. The van der Waals surface area contributed by atoms with Crippen molar-refractivity contribution in [3.8, 4) is 0 Å². The number of aromatic amines is 1. The van der Waals surface area contributed by atoms with Crippen LogP contribution in [0.1, 0.15) is 24.3 Å². The zero-order valence-corrected chi connectivity index (χ0v) is 8.86. The van der Waals surface area contributed by atoms with Gasteiger partial charge in [-0.15, -0.1) is 0 Å². The van der Waals surface area contributed by atoms with E-state index in [9.17, 15) is 4.79 Å². The maximum atomic E-state index is 12.0. The molecule has 1 aliphatic rings. The zero-order valence-electron chi connectivity index (χ0n) is 8.86. The first-order valence-corrected chi connectivity index (χ1v) is 4.87. The van der Waals surface area contributed by atoms with Crippen molar-refractivity contribution in [3.05, 3.63) is 11.9 Å². The molecule has 0 aromatic carbocycles. The van der Waals surface area contributed by atoms with Gasteiger partial charge in [0.15, 0.2) is 5.69 Å². The molecule has 1 aromatic heterocycles. The Balaban J connectivity index is 2.19. The SMILES string of the molecule is CC1(C)COCCN1C(=O)c1cn[nH]n1. The molecule has 1 aromatic rings. The van der Waals surface area contributed by atoms with Crippen molar-refractivity contribution in [1.82, 2.24) is 20.3 Å². The van der Waals surface area contributed by atoms with E-state index in [-0.39, 0.29) is 11.4 Å². The lowest BCUT2D eigenvalue weighted by Crippen LogP contribution is -2.55. The summed E-state index contributed by atoms with van der Waals surface area (Å²) in [7, 11) is 0. The van der Waals surface area contributed by atoms with Gasteiger partial charge in [-0.3, -0.25) is 4.79 Å². The summed E-state index contributed by atoms with van der Waals surface area (Å²) in [4.78, 5) is 13.8. The van der Waals surface area contributed by atoms with Crippen molar-refractivity contribution in [3.63, 3.8) is 0 Å². The molecule has 2 rings (SSSR count). The summed E-state index contributed by atoms with van der Waals surface area (Å²) in [6.45, 7) is 5.68. The second-order valence-corrected chi connectivity index (χ2v) is 4.18. The lowest BCUT2D eigenvalue weighted by Gasteiger charge is -2.41. The molecule has 1 N–H and O–H groups in total. The Morgan fingerprint density at radius 1 is 1.67 bits per heavy atom. The predicted molar refractivity (Wildman–Crippen MR) is 52.3 cm³/mol. The van der Waals surface area contributed by atoms with Crippen molar-refractivity contribution in [2.75, 3.05) is 19.8 Å². The van der Waals surface area contributed by atoms with Gasteiger partial charge in [-0.1, -0.05) is 0 Å². The van der Waals surface area contributed by atoms with E-state index in [1.165, 1.54) is 6.20 Å². The lowest BCUT2D eigenvalue weighted by atomic mass is 10.0. The fourth-order valence-corrected chi connectivity index (χ4v) is 1.68. The molecule has 1 amide bonds. The Hall–Kier alpha value is -1.43. The van der Waals surface area contributed by atoms with Crippen LogP contribution >= 0.6 is 0 Å². The summed E-state index contributed by atoms with van der Waals surface area (Å²) in [5.41, 5.74) is 0.0684. The van der Waals surface area contributed by atoms with Gasteiger partial charge < -0.3 is 9.64 Å². The highest BCUT2D eigenvalue weighted by Gasteiger charge is 2.35. The van der Waals surface area contributed by atoms with E-state index < -0.39 is 0 Å². The van der Waals surface area contributed by atoms with Crippen LogP contribution < -0.4 is 0 Å². The van der Waals surface area contributed by atoms with Crippen LogP contribution in [0.3, 0.4) is 0 Å². The Kier molecular flexibility index (Phi) is 2.44. The van der Waals surface area contributed by atoms with E-state index in [2.05, 4.69) is 15.4 Å². The first-order chi connectivity index (χ1) is 7.11. The van der Waals surface area contributed by atoms with Crippen LogP contribution in [0.25, 0.3) is 0 Å². The Morgan fingerprint density at radius 3 is 3.07 bits per heavy atom. The van der Waals surface area contributed by atoms with Crippen LogP contribution in [0.5, 0.6) is 0 Å². The van der Waals surface area contributed by atoms with E-state index >= 15 is 0 Å². The molecule has 0 radical (unpaired) electrons. The maximum Gasteiger partial charge on any atom is 0.276 e. The maximum absolute atomic E-state index is 12.0. The monoisotopic (exact) mass is 210 g/mol. The molecule has 2 heterocycles. The second kappa shape index (κ2) is 3.62. The molecule has 0 unspecified atom stereocenters. The van der Waals surface area contributed by atoms with Gasteiger partial charge in [0.25, 0.3) is 5.91 Å². The third-order valence-corrected chi connectivity index (χ3v) is 2.52. The summed E-state index contributed by atoms with van der Waals surface area (Å²) in [5, 5.41) is 9.86. The zero-order chi connectivity index (χ0) is 10.9. The van der Waals surface area contributed by atoms with Crippen molar-refractivity contribution < 1.29 is 9.53 Å². The number of H-pyrrole nitrogens is 1. The first-order valence-electron chi connectivity index (χ1n) is 4.87. The van der Waals surface area contributed by atoms with Crippen molar-refractivity contribution >= 4 is 5.91 Å². The van der Waals surface area contributed by atoms with Crippen molar-refractivity contribution in [2.45, 2.75) is 19.4 Å². The first kappa shape index (κ1) is 10.1. The summed E-state index contributed by atoms with van der Waals surface area (Å²) in [6.07, 6.45) is 1.44. The van der Waals surface area contributed by atoms with Gasteiger partial charge >= 0.3 is 0 Å².